The highest BCUT2D eigenvalue weighted by Crippen LogP contribution is 2.16. The van der Waals surface area contributed by atoms with E-state index in [4.69, 9.17) is 5.73 Å². The molecule has 0 aromatic carbocycles. The molecule has 1 amide bonds. The van der Waals surface area contributed by atoms with Crippen LogP contribution in [0, 0.1) is 11.8 Å². The largest absolute Gasteiger partial charge is 0.344 e. The van der Waals surface area contributed by atoms with Crippen LogP contribution >= 0.6 is 0 Å². The SMILES string of the molecule is CC[C@H](C)[C@H](N)C(=O)N(C)CC1CCN(C)C1. The minimum Gasteiger partial charge on any atom is -0.344 e. The number of carbonyl (C=O) groups is 1. The van der Waals surface area contributed by atoms with Crippen LogP contribution in [0.1, 0.15) is 26.7 Å². The Bertz CT molecular complexity index is 257. The van der Waals surface area contributed by atoms with Gasteiger partial charge < -0.3 is 15.5 Å². The Kier molecular flexibility index (Phi) is 5.40. The van der Waals surface area contributed by atoms with Crippen molar-refractivity contribution in [2.45, 2.75) is 32.7 Å². The second-order valence-electron chi connectivity index (χ2n) is 5.55. The highest BCUT2D eigenvalue weighted by molar-refractivity contribution is 5.81. The molecule has 4 nitrogen and oxygen atoms in total. The van der Waals surface area contributed by atoms with E-state index in [2.05, 4.69) is 18.9 Å². The average Bonchev–Trinajstić information content (AvgIpc) is 2.71. The minimum absolute atomic E-state index is 0.0916. The number of likely N-dealkylation sites (tertiary alicyclic amines) is 1. The van der Waals surface area contributed by atoms with Gasteiger partial charge in [-0.2, -0.15) is 0 Å². The Morgan fingerprint density at radius 3 is 2.71 bits per heavy atom. The number of amides is 1. The number of carbonyl (C=O) groups excluding carboxylic acids is 1. The number of hydrogen-bond donors (Lipinski definition) is 1. The highest BCUT2D eigenvalue weighted by atomic mass is 16.2. The van der Waals surface area contributed by atoms with Crippen LogP contribution in [0.2, 0.25) is 0 Å². The zero-order chi connectivity index (χ0) is 13.0. The van der Waals surface area contributed by atoms with Gasteiger partial charge in [-0.05, 0) is 31.8 Å². The molecule has 0 spiro atoms. The van der Waals surface area contributed by atoms with Gasteiger partial charge in [0.05, 0.1) is 6.04 Å². The van der Waals surface area contributed by atoms with E-state index in [0.717, 1.165) is 26.1 Å². The topological polar surface area (TPSA) is 49.6 Å². The first-order valence-electron chi connectivity index (χ1n) is 6.64. The Labute approximate surface area is 105 Å². The molecule has 3 atom stereocenters. The van der Waals surface area contributed by atoms with E-state index >= 15 is 0 Å². The first kappa shape index (κ1) is 14.5. The van der Waals surface area contributed by atoms with E-state index in [1.807, 2.05) is 18.9 Å². The van der Waals surface area contributed by atoms with Crippen LogP contribution in [0.5, 0.6) is 0 Å². The van der Waals surface area contributed by atoms with Gasteiger partial charge in [0.1, 0.15) is 0 Å². The standard InChI is InChI=1S/C13H27N3O/c1-5-10(2)12(14)13(17)16(4)9-11-6-7-15(3)8-11/h10-12H,5-9,14H2,1-4H3/t10-,11?,12-/m0/s1. The van der Waals surface area contributed by atoms with E-state index < -0.39 is 0 Å². The van der Waals surface area contributed by atoms with Gasteiger partial charge in [0.25, 0.3) is 0 Å². The fourth-order valence-corrected chi connectivity index (χ4v) is 2.40. The summed E-state index contributed by atoms with van der Waals surface area (Å²) in [6, 6.07) is -0.343. The third kappa shape index (κ3) is 3.96. The van der Waals surface area contributed by atoms with E-state index in [-0.39, 0.29) is 17.9 Å². The summed E-state index contributed by atoms with van der Waals surface area (Å²) in [5.74, 6) is 0.961. The monoisotopic (exact) mass is 241 g/mol. The second-order valence-corrected chi connectivity index (χ2v) is 5.55. The molecular weight excluding hydrogens is 214 g/mol. The molecule has 100 valence electrons. The molecule has 0 aromatic rings. The molecule has 0 bridgehead atoms. The molecule has 1 fully saturated rings. The molecule has 1 aliphatic rings. The molecule has 4 heteroatoms. The molecule has 2 N–H and O–H groups in total. The third-order valence-corrected chi connectivity index (χ3v) is 3.94. The van der Waals surface area contributed by atoms with Crippen molar-refractivity contribution in [3.63, 3.8) is 0 Å². The molecule has 1 unspecified atom stereocenters. The number of nitrogens with zero attached hydrogens (tertiary/aromatic N) is 2. The van der Waals surface area contributed by atoms with Gasteiger partial charge in [-0.3, -0.25) is 4.79 Å². The van der Waals surface area contributed by atoms with Crippen LogP contribution < -0.4 is 5.73 Å². The summed E-state index contributed by atoms with van der Waals surface area (Å²) in [7, 11) is 4.01. The minimum atomic E-state index is -0.343. The number of likely N-dealkylation sites (N-methyl/N-ethyl adjacent to an activating group) is 1. The summed E-state index contributed by atoms with van der Waals surface area (Å²) in [6.07, 6.45) is 2.14. The molecule has 0 radical (unpaired) electrons. The van der Waals surface area contributed by atoms with Gasteiger partial charge in [-0.1, -0.05) is 20.3 Å². The number of hydrogen-bond acceptors (Lipinski definition) is 3. The smallest absolute Gasteiger partial charge is 0.239 e. The summed E-state index contributed by atoms with van der Waals surface area (Å²) in [5, 5.41) is 0. The van der Waals surface area contributed by atoms with Crippen LogP contribution in [0.4, 0.5) is 0 Å². The third-order valence-electron chi connectivity index (χ3n) is 3.94. The van der Waals surface area contributed by atoms with E-state index in [0.29, 0.717) is 5.92 Å². The lowest BCUT2D eigenvalue weighted by atomic mass is 9.98. The van der Waals surface area contributed by atoms with Crippen LogP contribution in [0.3, 0.4) is 0 Å². The molecule has 1 saturated heterocycles. The zero-order valence-corrected chi connectivity index (χ0v) is 11.6. The summed E-state index contributed by atoms with van der Waals surface area (Å²) < 4.78 is 0. The molecule has 17 heavy (non-hydrogen) atoms. The lowest BCUT2D eigenvalue weighted by Gasteiger charge is -2.26. The van der Waals surface area contributed by atoms with Crippen molar-refractivity contribution in [3.05, 3.63) is 0 Å². The number of nitrogens with two attached hydrogens (primary N) is 1. The zero-order valence-electron chi connectivity index (χ0n) is 11.6. The van der Waals surface area contributed by atoms with Crippen molar-refractivity contribution in [2.75, 3.05) is 33.7 Å². The highest BCUT2D eigenvalue weighted by Gasteiger charge is 2.26. The average molecular weight is 241 g/mol. The summed E-state index contributed by atoms with van der Waals surface area (Å²) in [6.45, 7) is 7.19. The Balaban J connectivity index is 2.41. The summed E-state index contributed by atoms with van der Waals surface area (Å²) in [5.41, 5.74) is 5.97. The van der Waals surface area contributed by atoms with Crippen molar-refractivity contribution in [3.8, 4) is 0 Å². The van der Waals surface area contributed by atoms with Crippen molar-refractivity contribution < 1.29 is 4.79 Å². The van der Waals surface area contributed by atoms with Gasteiger partial charge in [0.2, 0.25) is 5.91 Å². The molecular formula is C13H27N3O. The molecule has 0 aromatic heterocycles. The van der Waals surface area contributed by atoms with E-state index in [1.54, 1.807) is 0 Å². The fraction of sp³-hybridized carbons (Fsp3) is 0.923. The molecule has 1 rings (SSSR count). The van der Waals surface area contributed by atoms with Crippen LogP contribution in [0.15, 0.2) is 0 Å². The van der Waals surface area contributed by atoms with Crippen molar-refractivity contribution >= 4 is 5.91 Å². The second kappa shape index (κ2) is 6.36. The lowest BCUT2D eigenvalue weighted by Crippen LogP contribution is -2.47. The van der Waals surface area contributed by atoms with Gasteiger partial charge in [-0.15, -0.1) is 0 Å². The molecule has 0 aliphatic carbocycles. The van der Waals surface area contributed by atoms with Crippen molar-refractivity contribution in [1.82, 2.24) is 9.80 Å². The van der Waals surface area contributed by atoms with Crippen LogP contribution in [-0.2, 0) is 4.79 Å². The van der Waals surface area contributed by atoms with E-state index in [9.17, 15) is 4.79 Å². The molecule has 1 aliphatic heterocycles. The predicted molar refractivity (Wildman–Crippen MR) is 70.7 cm³/mol. The maximum Gasteiger partial charge on any atom is 0.239 e. The van der Waals surface area contributed by atoms with Gasteiger partial charge in [0.15, 0.2) is 0 Å². The maximum atomic E-state index is 12.1. The van der Waals surface area contributed by atoms with Crippen molar-refractivity contribution in [2.24, 2.45) is 17.6 Å². The first-order chi connectivity index (χ1) is 7.95. The lowest BCUT2D eigenvalue weighted by molar-refractivity contribution is -0.132. The van der Waals surface area contributed by atoms with E-state index in [1.165, 1.54) is 6.42 Å². The van der Waals surface area contributed by atoms with Gasteiger partial charge in [0, 0.05) is 20.1 Å². The number of rotatable bonds is 5. The fourth-order valence-electron chi connectivity index (χ4n) is 2.40. The van der Waals surface area contributed by atoms with Gasteiger partial charge in [-0.25, -0.2) is 0 Å². The molecule has 1 heterocycles. The van der Waals surface area contributed by atoms with Crippen molar-refractivity contribution in [1.29, 1.82) is 0 Å². The Morgan fingerprint density at radius 2 is 2.24 bits per heavy atom. The maximum absolute atomic E-state index is 12.1. The van der Waals surface area contributed by atoms with Crippen LogP contribution in [0.25, 0.3) is 0 Å². The van der Waals surface area contributed by atoms with Gasteiger partial charge >= 0.3 is 0 Å². The van der Waals surface area contributed by atoms with Crippen LogP contribution in [-0.4, -0.2) is 55.5 Å². The summed E-state index contributed by atoms with van der Waals surface area (Å²) >= 11 is 0. The quantitative estimate of drug-likeness (QED) is 0.773. The first-order valence-corrected chi connectivity index (χ1v) is 6.64. The Hall–Kier alpha value is -0.610. The molecule has 0 saturated carbocycles. The predicted octanol–water partition coefficient (Wildman–Crippen LogP) is 0.770. The normalized spacial score (nSPS) is 24.6. The summed E-state index contributed by atoms with van der Waals surface area (Å²) in [4.78, 5) is 16.2. The Morgan fingerprint density at radius 1 is 1.59 bits per heavy atom.